The lowest BCUT2D eigenvalue weighted by Gasteiger charge is -2.37. The molecule has 0 aromatic carbocycles. The van der Waals surface area contributed by atoms with Crippen molar-refractivity contribution in [1.29, 1.82) is 0 Å². The standard InChI is InChI=1S/C10H17N3O/c1-3-13-9(4-8(2)12-13)5-10(14)6-11-7-10/h4,11,14H,3,5-7H2,1-2H3. The molecular weight excluding hydrogens is 178 g/mol. The molecule has 1 fully saturated rings. The highest BCUT2D eigenvalue weighted by Crippen LogP contribution is 2.18. The van der Waals surface area contributed by atoms with Crippen LogP contribution >= 0.6 is 0 Å². The van der Waals surface area contributed by atoms with E-state index in [-0.39, 0.29) is 0 Å². The van der Waals surface area contributed by atoms with Crippen LogP contribution in [0.1, 0.15) is 18.3 Å². The number of β-amino-alcohol motifs (C(OH)–C–C–N with tert-alkyl or cyclic N) is 1. The number of aryl methyl sites for hydroxylation is 2. The molecule has 0 radical (unpaired) electrons. The first-order valence-corrected chi connectivity index (χ1v) is 5.09. The third-order valence-corrected chi connectivity index (χ3v) is 2.70. The normalized spacial score (nSPS) is 19.4. The average Bonchev–Trinajstić information content (AvgIpc) is 2.43. The Balaban J connectivity index is 2.14. The fraction of sp³-hybridized carbons (Fsp3) is 0.700. The van der Waals surface area contributed by atoms with Crippen LogP contribution in [-0.2, 0) is 13.0 Å². The first-order valence-electron chi connectivity index (χ1n) is 5.09. The minimum Gasteiger partial charge on any atom is -0.387 e. The Morgan fingerprint density at radius 3 is 2.86 bits per heavy atom. The maximum absolute atomic E-state index is 9.99. The van der Waals surface area contributed by atoms with Gasteiger partial charge in [0.2, 0.25) is 0 Å². The molecule has 1 saturated heterocycles. The molecule has 78 valence electrons. The Morgan fingerprint density at radius 2 is 2.36 bits per heavy atom. The average molecular weight is 195 g/mol. The molecule has 0 spiro atoms. The largest absolute Gasteiger partial charge is 0.387 e. The first-order chi connectivity index (χ1) is 6.63. The summed E-state index contributed by atoms with van der Waals surface area (Å²) in [6.07, 6.45) is 0.703. The topological polar surface area (TPSA) is 50.1 Å². The van der Waals surface area contributed by atoms with Crippen molar-refractivity contribution in [2.24, 2.45) is 0 Å². The zero-order valence-electron chi connectivity index (χ0n) is 8.75. The van der Waals surface area contributed by atoms with Gasteiger partial charge < -0.3 is 10.4 Å². The molecule has 4 nitrogen and oxygen atoms in total. The third-order valence-electron chi connectivity index (χ3n) is 2.70. The number of rotatable bonds is 3. The van der Waals surface area contributed by atoms with E-state index in [2.05, 4.69) is 23.4 Å². The van der Waals surface area contributed by atoms with Crippen LogP contribution in [0.15, 0.2) is 6.07 Å². The number of hydrogen-bond donors (Lipinski definition) is 2. The number of nitrogens with one attached hydrogen (secondary N) is 1. The molecule has 4 heteroatoms. The number of aliphatic hydroxyl groups is 1. The minimum absolute atomic E-state index is 0.542. The van der Waals surface area contributed by atoms with E-state index in [4.69, 9.17) is 0 Å². The highest BCUT2D eigenvalue weighted by atomic mass is 16.3. The van der Waals surface area contributed by atoms with Crippen LogP contribution in [0.2, 0.25) is 0 Å². The molecule has 2 heterocycles. The second-order valence-electron chi connectivity index (χ2n) is 4.10. The summed E-state index contributed by atoms with van der Waals surface area (Å²) >= 11 is 0. The molecule has 0 bridgehead atoms. The summed E-state index contributed by atoms with van der Waals surface area (Å²) in [5.74, 6) is 0. The van der Waals surface area contributed by atoms with Gasteiger partial charge in [-0.3, -0.25) is 4.68 Å². The molecule has 1 aromatic heterocycles. The summed E-state index contributed by atoms with van der Waals surface area (Å²) in [4.78, 5) is 0. The molecule has 0 saturated carbocycles. The number of nitrogens with zero attached hydrogens (tertiary/aromatic N) is 2. The zero-order chi connectivity index (χ0) is 10.2. The molecule has 0 unspecified atom stereocenters. The van der Waals surface area contributed by atoms with Crippen LogP contribution in [0.3, 0.4) is 0 Å². The van der Waals surface area contributed by atoms with Gasteiger partial charge in [-0.05, 0) is 19.9 Å². The van der Waals surface area contributed by atoms with Crippen molar-refractivity contribution >= 4 is 0 Å². The fourth-order valence-electron chi connectivity index (χ4n) is 1.89. The van der Waals surface area contributed by atoms with Gasteiger partial charge in [-0.2, -0.15) is 5.10 Å². The van der Waals surface area contributed by atoms with E-state index in [1.165, 1.54) is 0 Å². The van der Waals surface area contributed by atoms with Gasteiger partial charge in [0.05, 0.1) is 11.3 Å². The van der Waals surface area contributed by atoms with Crippen molar-refractivity contribution in [3.8, 4) is 0 Å². The summed E-state index contributed by atoms with van der Waals surface area (Å²) in [6, 6.07) is 2.06. The molecular formula is C10H17N3O. The lowest BCUT2D eigenvalue weighted by atomic mass is 9.91. The second-order valence-corrected chi connectivity index (χ2v) is 4.10. The smallest absolute Gasteiger partial charge is 0.0950 e. The van der Waals surface area contributed by atoms with E-state index in [0.29, 0.717) is 19.5 Å². The predicted octanol–water partition coefficient (Wildman–Crippen LogP) is 0.0882. The Kier molecular flexibility index (Phi) is 2.33. The lowest BCUT2D eigenvalue weighted by molar-refractivity contribution is -0.0106. The Labute approximate surface area is 83.9 Å². The van der Waals surface area contributed by atoms with Gasteiger partial charge in [-0.15, -0.1) is 0 Å². The summed E-state index contributed by atoms with van der Waals surface area (Å²) in [5, 5.41) is 17.4. The lowest BCUT2D eigenvalue weighted by Crippen LogP contribution is -2.60. The molecule has 14 heavy (non-hydrogen) atoms. The monoisotopic (exact) mass is 195 g/mol. The Hall–Kier alpha value is -0.870. The maximum Gasteiger partial charge on any atom is 0.0950 e. The van der Waals surface area contributed by atoms with Crippen molar-refractivity contribution in [2.45, 2.75) is 32.4 Å². The SMILES string of the molecule is CCn1nc(C)cc1CC1(O)CNC1. The van der Waals surface area contributed by atoms with Crippen LogP contribution in [0, 0.1) is 6.92 Å². The Bertz CT molecular complexity index is 328. The number of aromatic nitrogens is 2. The van der Waals surface area contributed by atoms with Crippen molar-refractivity contribution in [2.75, 3.05) is 13.1 Å². The molecule has 1 aliphatic rings. The predicted molar refractivity (Wildman–Crippen MR) is 54.2 cm³/mol. The zero-order valence-corrected chi connectivity index (χ0v) is 8.75. The molecule has 0 aliphatic carbocycles. The number of hydrogen-bond acceptors (Lipinski definition) is 3. The van der Waals surface area contributed by atoms with Crippen LogP contribution in [0.25, 0.3) is 0 Å². The molecule has 0 atom stereocenters. The molecule has 0 amide bonds. The van der Waals surface area contributed by atoms with Gasteiger partial charge in [-0.25, -0.2) is 0 Å². The maximum atomic E-state index is 9.99. The van der Waals surface area contributed by atoms with Crippen molar-refractivity contribution in [3.05, 3.63) is 17.5 Å². The highest BCUT2D eigenvalue weighted by molar-refractivity contribution is 5.14. The van der Waals surface area contributed by atoms with E-state index in [1.54, 1.807) is 0 Å². The van der Waals surface area contributed by atoms with Crippen molar-refractivity contribution < 1.29 is 5.11 Å². The van der Waals surface area contributed by atoms with Gasteiger partial charge in [0.15, 0.2) is 0 Å². The van der Waals surface area contributed by atoms with Crippen molar-refractivity contribution in [1.82, 2.24) is 15.1 Å². The van der Waals surface area contributed by atoms with Crippen LogP contribution in [-0.4, -0.2) is 33.6 Å². The van der Waals surface area contributed by atoms with Crippen LogP contribution in [0.5, 0.6) is 0 Å². The molecule has 1 aliphatic heterocycles. The Morgan fingerprint density at radius 1 is 1.64 bits per heavy atom. The van der Waals surface area contributed by atoms with E-state index >= 15 is 0 Å². The van der Waals surface area contributed by atoms with Crippen molar-refractivity contribution in [3.63, 3.8) is 0 Å². The van der Waals surface area contributed by atoms with E-state index < -0.39 is 5.60 Å². The summed E-state index contributed by atoms with van der Waals surface area (Å²) in [5.41, 5.74) is 1.62. The highest BCUT2D eigenvalue weighted by Gasteiger charge is 2.35. The summed E-state index contributed by atoms with van der Waals surface area (Å²) < 4.78 is 1.96. The first kappa shape index (κ1) is 9.68. The van der Waals surface area contributed by atoms with E-state index in [9.17, 15) is 5.11 Å². The summed E-state index contributed by atoms with van der Waals surface area (Å²) in [6.45, 7) is 6.31. The van der Waals surface area contributed by atoms with Crippen LogP contribution < -0.4 is 5.32 Å². The molecule has 2 rings (SSSR count). The van der Waals surface area contributed by atoms with Gasteiger partial charge in [-0.1, -0.05) is 0 Å². The molecule has 1 aromatic rings. The second kappa shape index (κ2) is 3.37. The van der Waals surface area contributed by atoms with Gasteiger partial charge >= 0.3 is 0 Å². The van der Waals surface area contributed by atoms with Gasteiger partial charge in [0, 0.05) is 31.7 Å². The molecule has 2 N–H and O–H groups in total. The van der Waals surface area contributed by atoms with Gasteiger partial charge in [0.1, 0.15) is 0 Å². The third kappa shape index (κ3) is 1.67. The van der Waals surface area contributed by atoms with Crippen LogP contribution in [0.4, 0.5) is 0 Å². The van der Waals surface area contributed by atoms with E-state index in [0.717, 1.165) is 17.9 Å². The summed E-state index contributed by atoms with van der Waals surface area (Å²) in [7, 11) is 0. The van der Waals surface area contributed by atoms with E-state index in [1.807, 2.05) is 11.6 Å². The minimum atomic E-state index is -0.542. The fourth-order valence-corrected chi connectivity index (χ4v) is 1.89. The quantitative estimate of drug-likeness (QED) is 0.718. The van der Waals surface area contributed by atoms with Gasteiger partial charge in [0.25, 0.3) is 0 Å².